The molecule has 0 aromatic carbocycles. The van der Waals surface area contributed by atoms with E-state index in [1.165, 1.54) is 0 Å². The average molecular weight is 152 g/mol. The van der Waals surface area contributed by atoms with E-state index >= 15 is 0 Å². The first kappa shape index (κ1) is 8.05. The minimum atomic E-state index is -0.115. The van der Waals surface area contributed by atoms with Crippen molar-refractivity contribution in [1.29, 1.82) is 0 Å². The van der Waals surface area contributed by atoms with E-state index in [4.69, 9.17) is 4.74 Å². The highest BCUT2D eigenvalue weighted by Crippen LogP contribution is 2.20. The third-order valence-corrected chi connectivity index (χ3v) is 1.69. The van der Waals surface area contributed by atoms with Crippen molar-refractivity contribution in [3.05, 3.63) is 23.5 Å². The molecule has 0 aromatic rings. The maximum atomic E-state index is 10.7. The van der Waals surface area contributed by atoms with Crippen molar-refractivity contribution < 1.29 is 9.53 Å². The number of ether oxygens (including phenoxy) is 1. The van der Waals surface area contributed by atoms with Gasteiger partial charge in [-0.25, -0.2) is 0 Å². The fourth-order valence-corrected chi connectivity index (χ4v) is 1.10. The maximum Gasteiger partial charge on any atom is 0.311 e. The zero-order valence-corrected chi connectivity index (χ0v) is 6.89. The molecule has 0 spiro atoms. The van der Waals surface area contributed by atoms with Crippen LogP contribution in [0.25, 0.3) is 0 Å². The first-order valence-corrected chi connectivity index (χ1v) is 3.77. The molecule has 1 heterocycles. The van der Waals surface area contributed by atoms with E-state index in [0.717, 1.165) is 17.8 Å². The molecule has 0 unspecified atom stereocenters. The van der Waals surface area contributed by atoms with Crippen LogP contribution in [0.1, 0.15) is 26.7 Å². The number of hydrogen-bond donors (Lipinski definition) is 0. The number of allylic oxidation sites excluding steroid dienone is 4. The third-order valence-electron chi connectivity index (χ3n) is 1.69. The van der Waals surface area contributed by atoms with Crippen LogP contribution in [0.15, 0.2) is 23.5 Å². The summed E-state index contributed by atoms with van der Waals surface area (Å²) in [5.74, 6) is 0.634. The van der Waals surface area contributed by atoms with Gasteiger partial charge in [-0.2, -0.15) is 0 Å². The van der Waals surface area contributed by atoms with Gasteiger partial charge in [-0.3, -0.25) is 4.79 Å². The van der Waals surface area contributed by atoms with Crippen LogP contribution in [0.2, 0.25) is 0 Å². The molecular weight excluding hydrogens is 140 g/mol. The molecule has 0 N–H and O–H groups in total. The summed E-state index contributed by atoms with van der Waals surface area (Å²) in [6.07, 6.45) is 5.27. The Morgan fingerprint density at radius 3 is 2.73 bits per heavy atom. The van der Waals surface area contributed by atoms with Crippen LogP contribution in [0, 0.1) is 0 Å². The Kier molecular flexibility index (Phi) is 2.47. The van der Waals surface area contributed by atoms with Gasteiger partial charge in [0, 0.05) is 0 Å². The zero-order valence-electron chi connectivity index (χ0n) is 6.89. The number of carbonyl (C=O) groups is 1. The molecular formula is C9H12O2. The Labute approximate surface area is 66.5 Å². The van der Waals surface area contributed by atoms with E-state index < -0.39 is 0 Å². The van der Waals surface area contributed by atoms with E-state index in [-0.39, 0.29) is 5.97 Å². The second-order valence-corrected chi connectivity index (χ2v) is 2.56. The van der Waals surface area contributed by atoms with Crippen LogP contribution in [0.3, 0.4) is 0 Å². The van der Waals surface area contributed by atoms with Crippen LogP contribution < -0.4 is 0 Å². The van der Waals surface area contributed by atoms with E-state index in [0.29, 0.717) is 6.42 Å². The predicted octanol–water partition coefficient (Wildman–Crippen LogP) is 2.17. The fraction of sp³-hybridized carbons (Fsp3) is 0.444. The highest BCUT2D eigenvalue weighted by atomic mass is 16.5. The number of esters is 1. The molecule has 1 aliphatic heterocycles. The van der Waals surface area contributed by atoms with E-state index in [9.17, 15) is 4.79 Å². The minimum absolute atomic E-state index is 0.115. The SMILES string of the molecule is C/C=C\C1=C(C)OC(=O)CC1. The molecule has 0 fully saturated rings. The summed E-state index contributed by atoms with van der Waals surface area (Å²) < 4.78 is 4.94. The summed E-state index contributed by atoms with van der Waals surface area (Å²) in [7, 11) is 0. The minimum Gasteiger partial charge on any atom is -0.431 e. The molecule has 1 aliphatic rings. The number of rotatable bonds is 1. The van der Waals surface area contributed by atoms with Crippen LogP contribution in [0.5, 0.6) is 0 Å². The molecule has 11 heavy (non-hydrogen) atoms. The van der Waals surface area contributed by atoms with Crippen molar-refractivity contribution in [1.82, 2.24) is 0 Å². The summed E-state index contributed by atoms with van der Waals surface area (Å²) >= 11 is 0. The molecule has 0 radical (unpaired) electrons. The maximum absolute atomic E-state index is 10.7. The van der Waals surface area contributed by atoms with E-state index in [2.05, 4.69) is 0 Å². The van der Waals surface area contributed by atoms with Gasteiger partial charge >= 0.3 is 5.97 Å². The average Bonchev–Trinajstić information content (AvgIpc) is 1.95. The van der Waals surface area contributed by atoms with Crippen molar-refractivity contribution in [3.63, 3.8) is 0 Å². The Morgan fingerprint density at radius 1 is 1.45 bits per heavy atom. The van der Waals surface area contributed by atoms with Gasteiger partial charge in [0.2, 0.25) is 0 Å². The van der Waals surface area contributed by atoms with Gasteiger partial charge in [0.05, 0.1) is 6.42 Å². The molecule has 0 amide bonds. The lowest BCUT2D eigenvalue weighted by atomic mass is 10.1. The van der Waals surface area contributed by atoms with Crippen molar-refractivity contribution in [3.8, 4) is 0 Å². The van der Waals surface area contributed by atoms with E-state index in [1.54, 1.807) is 0 Å². The zero-order chi connectivity index (χ0) is 8.27. The third kappa shape index (κ3) is 1.93. The highest BCUT2D eigenvalue weighted by molar-refractivity contribution is 5.72. The Bertz CT molecular complexity index is 224. The van der Waals surface area contributed by atoms with Gasteiger partial charge in [-0.15, -0.1) is 0 Å². The molecule has 0 aliphatic carbocycles. The largest absolute Gasteiger partial charge is 0.431 e. The standard InChI is InChI=1S/C9H12O2/c1-3-4-8-5-6-9(10)11-7(8)2/h3-4H,5-6H2,1-2H3/b4-3-. The summed E-state index contributed by atoms with van der Waals surface area (Å²) in [5.41, 5.74) is 1.13. The molecule has 2 heteroatoms. The van der Waals surface area contributed by atoms with Crippen molar-refractivity contribution in [2.75, 3.05) is 0 Å². The van der Waals surface area contributed by atoms with Crippen molar-refractivity contribution >= 4 is 5.97 Å². The first-order valence-electron chi connectivity index (χ1n) is 3.77. The molecule has 60 valence electrons. The van der Waals surface area contributed by atoms with Crippen LogP contribution in [-0.4, -0.2) is 5.97 Å². The molecule has 0 bridgehead atoms. The second kappa shape index (κ2) is 3.37. The molecule has 0 atom stereocenters. The molecule has 0 saturated carbocycles. The normalized spacial score (nSPS) is 19.3. The van der Waals surface area contributed by atoms with Gasteiger partial charge in [-0.1, -0.05) is 12.2 Å². The van der Waals surface area contributed by atoms with Gasteiger partial charge in [0.25, 0.3) is 0 Å². The topological polar surface area (TPSA) is 26.3 Å². The Balaban J connectivity index is 2.77. The molecule has 1 rings (SSSR count). The lowest BCUT2D eigenvalue weighted by Gasteiger charge is -2.14. The molecule has 0 saturated heterocycles. The van der Waals surface area contributed by atoms with Gasteiger partial charge in [-0.05, 0) is 25.8 Å². The highest BCUT2D eigenvalue weighted by Gasteiger charge is 2.14. The Morgan fingerprint density at radius 2 is 2.18 bits per heavy atom. The monoisotopic (exact) mass is 152 g/mol. The number of hydrogen-bond acceptors (Lipinski definition) is 2. The quantitative estimate of drug-likeness (QED) is 0.538. The smallest absolute Gasteiger partial charge is 0.311 e. The summed E-state index contributed by atoms with van der Waals surface area (Å²) in [6, 6.07) is 0. The lowest BCUT2D eigenvalue weighted by Crippen LogP contribution is -2.10. The number of cyclic esters (lactones) is 1. The van der Waals surface area contributed by atoms with Gasteiger partial charge in [0.1, 0.15) is 5.76 Å². The van der Waals surface area contributed by atoms with Crippen molar-refractivity contribution in [2.45, 2.75) is 26.7 Å². The fourth-order valence-electron chi connectivity index (χ4n) is 1.10. The Hall–Kier alpha value is -1.05. The summed E-state index contributed by atoms with van der Waals surface area (Å²) in [4.78, 5) is 10.7. The first-order chi connectivity index (χ1) is 5.24. The number of carbonyl (C=O) groups excluding carboxylic acids is 1. The molecule has 0 aromatic heterocycles. The predicted molar refractivity (Wildman–Crippen MR) is 42.8 cm³/mol. The molecule has 2 nitrogen and oxygen atoms in total. The summed E-state index contributed by atoms with van der Waals surface area (Å²) in [5, 5.41) is 0. The van der Waals surface area contributed by atoms with Gasteiger partial charge < -0.3 is 4.74 Å². The lowest BCUT2D eigenvalue weighted by molar-refractivity contribution is -0.140. The van der Waals surface area contributed by atoms with Crippen LogP contribution >= 0.6 is 0 Å². The second-order valence-electron chi connectivity index (χ2n) is 2.56. The van der Waals surface area contributed by atoms with Crippen LogP contribution in [-0.2, 0) is 9.53 Å². The van der Waals surface area contributed by atoms with Gasteiger partial charge in [0.15, 0.2) is 0 Å². The van der Waals surface area contributed by atoms with E-state index in [1.807, 2.05) is 26.0 Å². The summed E-state index contributed by atoms with van der Waals surface area (Å²) in [6.45, 7) is 3.78. The van der Waals surface area contributed by atoms with Crippen molar-refractivity contribution in [2.24, 2.45) is 0 Å². The van der Waals surface area contributed by atoms with Crippen LogP contribution in [0.4, 0.5) is 0 Å².